The highest BCUT2D eigenvalue weighted by molar-refractivity contribution is 7.89. The molecule has 0 radical (unpaired) electrons. The molecule has 0 saturated heterocycles. The number of amides is 1. The van der Waals surface area contributed by atoms with Gasteiger partial charge in [0.25, 0.3) is 0 Å². The highest BCUT2D eigenvalue weighted by Gasteiger charge is 2.26. The molecule has 1 atom stereocenters. The average Bonchev–Trinajstić information content (AvgIpc) is 3.08. The van der Waals surface area contributed by atoms with Gasteiger partial charge in [0.1, 0.15) is 11.3 Å². The van der Waals surface area contributed by atoms with Gasteiger partial charge in [-0.25, -0.2) is 8.42 Å². The molecule has 29 heavy (non-hydrogen) atoms. The fourth-order valence-corrected chi connectivity index (χ4v) is 4.65. The van der Waals surface area contributed by atoms with E-state index in [0.717, 1.165) is 27.8 Å². The molecule has 1 aliphatic heterocycles. The lowest BCUT2D eigenvalue weighted by Crippen LogP contribution is -2.31. The molecule has 5 nitrogen and oxygen atoms in total. The second kappa shape index (κ2) is 7.19. The molecule has 6 heteroatoms. The number of fused-ring (bicyclic) bond motifs is 1. The van der Waals surface area contributed by atoms with E-state index < -0.39 is 9.84 Å². The maximum absolute atomic E-state index is 12.2. The van der Waals surface area contributed by atoms with Crippen LogP contribution in [-0.4, -0.2) is 32.5 Å². The molecule has 1 aliphatic rings. The van der Waals surface area contributed by atoms with Gasteiger partial charge in [-0.3, -0.25) is 4.79 Å². The summed E-state index contributed by atoms with van der Waals surface area (Å²) in [6, 6.07) is 15.5. The van der Waals surface area contributed by atoms with Gasteiger partial charge in [0.05, 0.1) is 5.75 Å². The van der Waals surface area contributed by atoms with Gasteiger partial charge in [0.2, 0.25) is 5.91 Å². The Hall–Kier alpha value is -2.86. The summed E-state index contributed by atoms with van der Waals surface area (Å²) in [5, 5.41) is 0.855. The van der Waals surface area contributed by atoms with Crippen molar-refractivity contribution in [3.05, 3.63) is 65.9 Å². The van der Waals surface area contributed by atoms with Gasteiger partial charge in [-0.15, -0.1) is 0 Å². The van der Waals surface area contributed by atoms with Crippen molar-refractivity contribution in [1.29, 1.82) is 0 Å². The van der Waals surface area contributed by atoms with Crippen LogP contribution in [0, 0.1) is 5.92 Å². The van der Waals surface area contributed by atoms with E-state index in [1.807, 2.05) is 61.7 Å². The Morgan fingerprint density at radius 1 is 1.14 bits per heavy atom. The molecule has 1 unspecified atom stereocenters. The van der Waals surface area contributed by atoms with Crippen molar-refractivity contribution in [2.75, 3.05) is 13.3 Å². The first-order valence-electron chi connectivity index (χ1n) is 9.48. The normalized spacial score (nSPS) is 17.6. The standard InChI is InChI=1S/C23H23NO4S/c1-15-9-19(13-24(2)23(15)25)20-11-16(14-29(3,26)27)10-18-12-21(28-22(18)20)17-7-5-4-6-8-17/h4-8,10-13,15H,9,14H2,1-3H3. The van der Waals surface area contributed by atoms with Crippen molar-refractivity contribution < 1.29 is 17.6 Å². The number of benzene rings is 2. The minimum atomic E-state index is -3.18. The van der Waals surface area contributed by atoms with Crippen LogP contribution >= 0.6 is 0 Å². The molecule has 0 bridgehead atoms. The first-order chi connectivity index (χ1) is 13.7. The molecular weight excluding hydrogens is 386 g/mol. The average molecular weight is 410 g/mol. The first kappa shape index (κ1) is 19.5. The molecule has 4 rings (SSSR count). The van der Waals surface area contributed by atoms with Gasteiger partial charge in [0.15, 0.2) is 9.84 Å². The molecule has 0 fully saturated rings. The quantitative estimate of drug-likeness (QED) is 0.637. The largest absolute Gasteiger partial charge is 0.455 e. The molecule has 0 N–H and O–H groups in total. The van der Waals surface area contributed by atoms with Crippen LogP contribution in [0.3, 0.4) is 0 Å². The molecule has 2 aromatic carbocycles. The van der Waals surface area contributed by atoms with E-state index in [2.05, 4.69) is 0 Å². The van der Waals surface area contributed by atoms with Crippen molar-refractivity contribution in [2.45, 2.75) is 19.1 Å². The highest BCUT2D eigenvalue weighted by Crippen LogP contribution is 2.37. The number of hydrogen-bond acceptors (Lipinski definition) is 4. The van der Waals surface area contributed by atoms with Crippen LogP contribution in [0.5, 0.6) is 0 Å². The highest BCUT2D eigenvalue weighted by atomic mass is 32.2. The second-order valence-corrected chi connectivity index (χ2v) is 9.96. The zero-order valence-corrected chi connectivity index (χ0v) is 17.5. The SMILES string of the molecule is CC1CC(c2cc(CS(C)(=O)=O)cc3cc(-c4ccccc4)oc23)=CN(C)C1=O. The summed E-state index contributed by atoms with van der Waals surface area (Å²) in [5.74, 6) is 0.616. The molecule has 1 aromatic heterocycles. The zero-order chi connectivity index (χ0) is 20.8. The monoisotopic (exact) mass is 409 g/mol. The lowest BCUT2D eigenvalue weighted by Gasteiger charge is -2.26. The predicted molar refractivity (Wildman–Crippen MR) is 115 cm³/mol. The maximum atomic E-state index is 12.2. The Kier molecular flexibility index (Phi) is 4.82. The fourth-order valence-electron chi connectivity index (χ4n) is 3.88. The van der Waals surface area contributed by atoms with E-state index in [9.17, 15) is 13.2 Å². The van der Waals surface area contributed by atoms with E-state index in [4.69, 9.17) is 4.42 Å². The van der Waals surface area contributed by atoms with Crippen LogP contribution in [-0.2, 0) is 20.4 Å². The van der Waals surface area contributed by atoms with Crippen molar-refractivity contribution >= 4 is 32.3 Å². The van der Waals surface area contributed by atoms with Crippen molar-refractivity contribution in [2.24, 2.45) is 5.92 Å². The molecule has 3 aromatic rings. The topological polar surface area (TPSA) is 67.6 Å². The van der Waals surface area contributed by atoms with Crippen LogP contribution in [0.1, 0.15) is 24.5 Å². The van der Waals surface area contributed by atoms with Crippen LogP contribution in [0.25, 0.3) is 27.9 Å². The lowest BCUT2D eigenvalue weighted by molar-refractivity contribution is -0.131. The van der Waals surface area contributed by atoms with E-state index >= 15 is 0 Å². The fraction of sp³-hybridized carbons (Fsp3) is 0.261. The molecule has 2 heterocycles. The summed E-state index contributed by atoms with van der Waals surface area (Å²) in [4.78, 5) is 13.8. The maximum Gasteiger partial charge on any atom is 0.229 e. The number of carbonyl (C=O) groups excluding carboxylic acids is 1. The third-order valence-electron chi connectivity index (χ3n) is 5.15. The van der Waals surface area contributed by atoms with Crippen LogP contribution in [0.15, 0.2) is 59.1 Å². The third kappa shape index (κ3) is 3.98. The second-order valence-electron chi connectivity index (χ2n) is 7.82. The summed E-state index contributed by atoms with van der Waals surface area (Å²) in [6.45, 7) is 1.90. The molecule has 0 saturated carbocycles. The van der Waals surface area contributed by atoms with Crippen molar-refractivity contribution in [3.63, 3.8) is 0 Å². The summed E-state index contributed by atoms with van der Waals surface area (Å²) in [5.41, 5.74) is 4.19. The van der Waals surface area contributed by atoms with Gasteiger partial charge in [-0.05, 0) is 35.8 Å². The van der Waals surface area contributed by atoms with E-state index in [1.165, 1.54) is 6.26 Å². The Labute approximate surface area is 170 Å². The lowest BCUT2D eigenvalue weighted by atomic mass is 9.90. The van der Waals surface area contributed by atoms with E-state index in [1.54, 1.807) is 11.9 Å². The summed E-state index contributed by atoms with van der Waals surface area (Å²) in [7, 11) is -1.44. The van der Waals surface area contributed by atoms with Crippen LogP contribution in [0.2, 0.25) is 0 Å². The molecule has 1 amide bonds. The number of rotatable bonds is 4. The smallest absolute Gasteiger partial charge is 0.229 e. The number of carbonyl (C=O) groups is 1. The van der Waals surface area contributed by atoms with Crippen molar-refractivity contribution in [1.82, 2.24) is 4.90 Å². The van der Waals surface area contributed by atoms with Crippen molar-refractivity contribution in [3.8, 4) is 11.3 Å². The van der Waals surface area contributed by atoms with E-state index in [0.29, 0.717) is 17.6 Å². The van der Waals surface area contributed by atoms with Gasteiger partial charge in [-0.2, -0.15) is 0 Å². The summed E-state index contributed by atoms with van der Waals surface area (Å²) < 4.78 is 30.0. The van der Waals surface area contributed by atoms with E-state index in [-0.39, 0.29) is 17.6 Å². The summed E-state index contributed by atoms with van der Waals surface area (Å²) in [6.07, 6.45) is 3.64. The Morgan fingerprint density at radius 3 is 2.52 bits per heavy atom. The van der Waals surface area contributed by atoms with Crippen LogP contribution in [0.4, 0.5) is 0 Å². The Balaban J connectivity index is 1.92. The number of furan rings is 1. The number of nitrogens with zero attached hydrogens (tertiary/aromatic N) is 1. The van der Waals surface area contributed by atoms with Crippen LogP contribution < -0.4 is 0 Å². The molecule has 150 valence electrons. The third-order valence-corrected chi connectivity index (χ3v) is 6.01. The first-order valence-corrected chi connectivity index (χ1v) is 11.5. The predicted octanol–water partition coefficient (Wildman–Crippen LogP) is 4.48. The number of allylic oxidation sites excluding steroid dienone is 1. The van der Waals surface area contributed by atoms with Gasteiger partial charge >= 0.3 is 0 Å². The Morgan fingerprint density at radius 2 is 1.86 bits per heavy atom. The molecular formula is C23H23NO4S. The number of sulfone groups is 1. The van der Waals surface area contributed by atoms with Gasteiger partial charge in [-0.1, -0.05) is 37.3 Å². The minimum Gasteiger partial charge on any atom is -0.455 e. The molecule has 0 spiro atoms. The Bertz CT molecular complexity index is 1220. The molecule has 0 aliphatic carbocycles. The number of hydrogen-bond donors (Lipinski definition) is 0. The summed E-state index contributed by atoms with van der Waals surface area (Å²) >= 11 is 0. The van der Waals surface area contributed by atoms with Gasteiger partial charge in [0, 0.05) is 41.9 Å². The zero-order valence-electron chi connectivity index (χ0n) is 16.7. The minimum absolute atomic E-state index is 0.0423. The van der Waals surface area contributed by atoms with Gasteiger partial charge < -0.3 is 9.32 Å².